The minimum atomic E-state index is 0.248. The Morgan fingerprint density at radius 1 is 1.20 bits per heavy atom. The lowest BCUT2D eigenvalue weighted by Crippen LogP contribution is -2.54. The smallest absolute Gasteiger partial charge is 0.219 e. The summed E-state index contributed by atoms with van der Waals surface area (Å²) >= 11 is 0. The van der Waals surface area contributed by atoms with E-state index >= 15 is 0 Å². The second-order valence-electron chi connectivity index (χ2n) is 5.37. The molecule has 0 radical (unpaired) electrons. The van der Waals surface area contributed by atoms with Crippen LogP contribution in [-0.2, 0) is 4.79 Å². The molecule has 3 heteroatoms. The zero-order chi connectivity index (χ0) is 10.9. The fourth-order valence-corrected chi connectivity index (χ4v) is 3.23. The minimum Gasteiger partial charge on any atom is -0.342 e. The molecule has 0 unspecified atom stereocenters. The highest BCUT2D eigenvalue weighted by Gasteiger charge is 2.37. The van der Waals surface area contributed by atoms with E-state index in [2.05, 4.69) is 7.05 Å². The van der Waals surface area contributed by atoms with Crippen LogP contribution in [0, 0.1) is 0 Å². The molecule has 15 heavy (non-hydrogen) atoms. The summed E-state index contributed by atoms with van der Waals surface area (Å²) in [5, 5.41) is 0. The Kier molecular flexibility index (Phi) is 3.01. The molecule has 2 aliphatic heterocycles. The number of carbonyl (C=O) groups is 1. The summed E-state index contributed by atoms with van der Waals surface area (Å²) in [5.74, 6) is 0.248. The van der Waals surface area contributed by atoms with E-state index in [1.165, 1.54) is 43.3 Å². The van der Waals surface area contributed by atoms with Gasteiger partial charge in [-0.2, -0.15) is 0 Å². The van der Waals surface area contributed by atoms with Gasteiger partial charge in [0.15, 0.2) is 0 Å². The highest BCUT2D eigenvalue weighted by Crippen LogP contribution is 2.27. The summed E-state index contributed by atoms with van der Waals surface area (Å²) < 4.78 is 1.27. The molecular formula is C12H23N2O+. The SMILES string of the molecule is CC(=O)N1CCC([N+]2(C)CCCC2)CC1. The molecule has 0 aromatic heterocycles. The van der Waals surface area contributed by atoms with Gasteiger partial charge in [0.05, 0.1) is 26.2 Å². The van der Waals surface area contributed by atoms with Crippen molar-refractivity contribution in [3.05, 3.63) is 0 Å². The van der Waals surface area contributed by atoms with Gasteiger partial charge in [0, 0.05) is 45.7 Å². The average Bonchev–Trinajstić information content (AvgIpc) is 2.67. The molecule has 2 heterocycles. The molecule has 0 bridgehead atoms. The summed E-state index contributed by atoms with van der Waals surface area (Å²) in [5.41, 5.74) is 0. The van der Waals surface area contributed by atoms with Gasteiger partial charge in [-0.25, -0.2) is 0 Å². The molecular weight excluding hydrogens is 188 g/mol. The molecule has 2 rings (SSSR count). The number of amides is 1. The minimum absolute atomic E-state index is 0.248. The molecule has 0 atom stereocenters. The maximum absolute atomic E-state index is 11.2. The van der Waals surface area contributed by atoms with Gasteiger partial charge < -0.3 is 9.38 Å². The maximum atomic E-state index is 11.2. The molecule has 86 valence electrons. The van der Waals surface area contributed by atoms with E-state index in [0.29, 0.717) is 0 Å². The summed E-state index contributed by atoms with van der Waals surface area (Å²) in [4.78, 5) is 13.2. The van der Waals surface area contributed by atoms with Crippen molar-refractivity contribution >= 4 is 5.91 Å². The molecule has 0 spiro atoms. The second kappa shape index (κ2) is 4.12. The standard InChI is InChI=1S/C12H23N2O/c1-11(15)13-7-5-12(6-8-13)14(2)9-3-4-10-14/h12H,3-10H2,1-2H3/q+1. The van der Waals surface area contributed by atoms with Crippen LogP contribution in [0.15, 0.2) is 0 Å². The highest BCUT2D eigenvalue weighted by molar-refractivity contribution is 5.73. The third-order valence-corrected chi connectivity index (χ3v) is 4.38. The first-order valence-corrected chi connectivity index (χ1v) is 6.21. The van der Waals surface area contributed by atoms with Gasteiger partial charge in [-0.3, -0.25) is 4.79 Å². The van der Waals surface area contributed by atoms with E-state index in [9.17, 15) is 4.79 Å². The fourth-order valence-electron chi connectivity index (χ4n) is 3.23. The summed E-state index contributed by atoms with van der Waals surface area (Å²) in [7, 11) is 2.40. The van der Waals surface area contributed by atoms with E-state index in [-0.39, 0.29) is 5.91 Å². The van der Waals surface area contributed by atoms with Crippen LogP contribution in [-0.4, -0.2) is 54.6 Å². The molecule has 1 amide bonds. The monoisotopic (exact) mass is 211 g/mol. The van der Waals surface area contributed by atoms with E-state index in [1.54, 1.807) is 6.92 Å². The lowest BCUT2D eigenvalue weighted by molar-refractivity contribution is -0.923. The van der Waals surface area contributed by atoms with Gasteiger partial charge in [-0.05, 0) is 0 Å². The molecule has 0 aliphatic carbocycles. The van der Waals surface area contributed by atoms with Crippen LogP contribution < -0.4 is 0 Å². The van der Waals surface area contributed by atoms with Crippen LogP contribution >= 0.6 is 0 Å². The van der Waals surface area contributed by atoms with Crippen LogP contribution in [0.1, 0.15) is 32.6 Å². The van der Waals surface area contributed by atoms with Crippen LogP contribution in [0.25, 0.3) is 0 Å². The number of rotatable bonds is 1. The van der Waals surface area contributed by atoms with E-state index in [4.69, 9.17) is 0 Å². The van der Waals surface area contributed by atoms with E-state index < -0.39 is 0 Å². The predicted octanol–water partition coefficient (Wildman–Crippen LogP) is 1.24. The van der Waals surface area contributed by atoms with Crippen molar-refractivity contribution in [2.45, 2.75) is 38.6 Å². The third kappa shape index (κ3) is 2.17. The highest BCUT2D eigenvalue weighted by atomic mass is 16.2. The van der Waals surface area contributed by atoms with Crippen molar-refractivity contribution in [2.75, 3.05) is 33.2 Å². The number of hydrogen-bond donors (Lipinski definition) is 0. The molecule has 0 N–H and O–H groups in total. The first kappa shape index (κ1) is 10.9. The van der Waals surface area contributed by atoms with Crippen LogP contribution in [0.3, 0.4) is 0 Å². The van der Waals surface area contributed by atoms with Crippen LogP contribution in [0.5, 0.6) is 0 Å². The molecule has 2 fully saturated rings. The van der Waals surface area contributed by atoms with Crippen molar-refractivity contribution in [3.8, 4) is 0 Å². The zero-order valence-electron chi connectivity index (χ0n) is 10.0. The fraction of sp³-hybridized carbons (Fsp3) is 0.917. The van der Waals surface area contributed by atoms with E-state index in [1.807, 2.05) is 4.90 Å². The topological polar surface area (TPSA) is 20.3 Å². The van der Waals surface area contributed by atoms with Gasteiger partial charge in [0.2, 0.25) is 5.91 Å². The molecule has 0 aromatic carbocycles. The van der Waals surface area contributed by atoms with Gasteiger partial charge in [0.1, 0.15) is 0 Å². The summed E-state index contributed by atoms with van der Waals surface area (Å²) in [6.07, 6.45) is 5.19. The lowest BCUT2D eigenvalue weighted by atomic mass is 10.0. The summed E-state index contributed by atoms with van der Waals surface area (Å²) in [6.45, 7) is 6.35. The average molecular weight is 211 g/mol. The predicted molar refractivity (Wildman–Crippen MR) is 60.4 cm³/mol. The van der Waals surface area contributed by atoms with Crippen LogP contribution in [0.4, 0.5) is 0 Å². The van der Waals surface area contributed by atoms with Crippen molar-refractivity contribution in [2.24, 2.45) is 0 Å². The third-order valence-electron chi connectivity index (χ3n) is 4.38. The first-order chi connectivity index (χ1) is 7.12. The van der Waals surface area contributed by atoms with Gasteiger partial charge >= 0.3 is 0 Å². The number of nitrogens with zero attached hydrogens (tertiary/aromatic N) is 2. The Morgan fingerprint density at radius 2 is 1.73 bits per heavy atom. The quantitative estimate of drug-likeness (QED) is 0.598. The Hall–Kier alpha value is -0.570. The van der Waals surface area contributed by atoms with Crippen molar-refractivity contribution in [3.63, 3.8) is 0 Å². The number of piperidine rings is 1. The Bertz CT molecular complexity index is 238. The Morgan fingerprint density at radius 3 is 2.20 bits per heavy atom. The molecule has 2 saturated heterocycles. The summed E-state index contributed by atoms with van der Waals surface area (Å²) in [6, 6.07) is 0.808. The number of carbonyl (C=O) groups excluding carboxylic acids is 1. The maximum Gasteiger partial charge on any atom is 0.219 e. The number of likely N-dealkylation sites (tertiary alicyclic amines) is 2. The van der Waals surface area contributed by atoms with Gasteiger partial charge in [0.25, 0.3) is 0 Å². The Labute approximate surface area is 92.6 Å². The van der Waals surface area contributed by atoms with E-state index in [0.717, 1.165) is 19.1 Å². The van der Waals surface area contributed by atoms with Crippen molar-refractivity contribution in [1.29, 1.82) is 0 Å². The molecule has 2 aliphatic rings. The normalized spacial score (nSPS) is 26.9. The van der Waals surface area contributed by atoms with Gasteiger partial charge in [-0.1, -0.05) is 0 Å². The molecule has 0 saturated carbocycles. The van der Waals surface area contributed by atoms with Crippen molar-refractivity contribution in [1.82, 2.24) is 4.90 Å². The van der Waals surface area contributed by atoms with Crippen molar-refractivity contribution < 1.29 is 9.28 Å². The molecule has 3 nitrogen and oxygen atoms in total. The molecule has 0 aromatic rings. The largest absolute Gasteiger partial charge is 0.342 e. The van der Waals surface area contributed by atoms with Crippen LogP contribution in [0.2, 0.25) is 0 Å². The first-order valence-electron chi connectivity index (χ1n) is 6.21. The van der Waals surface area contributed by atoms with Gasteiger partial charge in [-0.15, -0.1) is 0 Å². The number of quaternary nitrogens is 1. The zero-order valence-corrected chi connectivity index (χ0v) is 10.0. The Balaban J connectivity index is 1.90. The second-order valence-corrected chi connectivity index (χ2v) is 5.37. The lowest BCUT2D eigenvalue weighted by Gasteiger charge is -2.42. The number of hydrogen-bond acceptors (Lipinski definition) is 1.